The first-order valence-corrected chi connectivity index (χ1v) is 8.77. The highest BCUT2D eigenvalue weighted by atomic mass is 16.2. The van der Waals surface area contributed by atoms with Crippen LogP contribution in [-0.2, 0) is 6.54 Å². The summed E-state index contributed by atoms with van der Waals surface area (Å²) in [5, 5.41) is 0.967. The molecule has 3 aromatic rings. The van der Waals surface area contributed by atoms with Crippen LogP contribution in [0.3, 0.4) is 0 Å². The molecule has 0 saturated heterocycles. The fourth-order valence-corrected chi connectivity index (χ4v) is 3.01. The van der Waals surface area contributed by atoms with Crippen LogP contribution in [-0.4, -0.2) is 27.3 Å². The molecule has 0 radical (unpaired) electrons. The predicted molar refractivity (Wildman–Crippen MR) is 103 cm³/mol. The van der Waals surface area contributed by atoms with Gasteiger partial charge >= 0.3 is 0 Å². The first-order valence-electron chi connectivity index (χ1n) is 8.77. The lowest BCUT2D eigenvalue weighted by atomic mass is 10.1. The second-order valence-electron chi connectivity index (χ2n) is 7.01. The van der Waals surface area contributed by atoms with Gasteiger partial charge in [-0.15, -0.1) is 0 Å². The molecule has 0 saturated carbocycles. The number of hydrogen-bond acceptors (Lipinski definition) is 3. The summed E-state index contributed by atoms with van der Waals surface area (Å²) in [5.41, 5.74) is 2.73. The minimum Gasteiger partial charge on any atom is -0.333 e. The molecule has 0 fully saturated rings. The van der Waals surface area contributed by atoms with Crippen molar-refractivity contribution in [3.8, 4) is 0 Å². The smallest absolute Gasteiger partial charge is 0.272 e. The Kier molecular flexibility index (Phi) is 5.16. The molecule has 0 atom stereocenters. The van der Waals surface area contributed by atoms with Gasteiger partial charge in [0.15, 0.2) is 0 Å². The number of amides is 1. The molecule has 5 nitrogen and oxygen atoms in total. The van der Waals surface area contributed by atoms with Gasteiger partial charge in [0.05, 0.1) is 6.54 Å². The van der Waals surface area contributed by atoms with Gasteiger partial charge in [0.2, 0.25) is 0 Å². The van der Waals surface area contributed by atoms with E-state index in [4.69, 9.17) is 0 Å². The molecule has 2 heterocycles. The SMILES string of the molecule is Cc1ccc2[nH]c(=O)c(CN(CC(C)C)C(=O)c3ccccn3)cc2c1. The van der Waals surface area contributed by atoms with Gasteiger partial charge in [0, 0.05) is 23.8 Å². The van der Waals surface area contributed by atoms with Crippen LogP contribution in [0, 0.1) is 12.8 Å². The van der Waals surface area contributed by atoms with Crippen LogP contribution in [0.15, 0.2) is 53.5 Å². The Morgan fingerprint density at radius 2 is 2.00 bits per heavy atom. The van der Waals surface area contributed by atoms with E-state index in [0.717, 1.165) is 16.5 Å². The van der Waals surface area contributed by atoms with Gasteiger partial charge in [-0.1, -0.05) is 31.5 Å². The highest BCUT2D eigenvalue weighted by Gasteiger charge is 2.19. The number of pyridine rings is 2. The molecule has 1 N–H and O–H groups in total. The Bertz CT molecular complexity index is 977. The van der Waals surface area contributed by atoms with E-state index in [1.807, 2.05) is 45.0 Å². The molecule has 3 rings (SSSR count). The number of nitrogens with zero attached hydrogens (tertiary/aromatic N) is 2. The number of carbonyl (C=O) groups excluding carboxylic acids is 1. The summed E-state index contributed by atoms with van der Waals surface area (Å²) in [4.78, 5) is 34.1. The van der Waals surface area contributed by atoms with Gasteiger partial charge in [-0.3, -0.25) is 14.6 Å². The number of carbonyl (C=O) groups is 1. The number of aromatic nitrogens is 2. The summed E-state index contributed by atoms with van der Waals surface area (Å²) >= 11 is 0. The van der Waals surface area contributed by atoms with Crippen LogP contribution in [0.4, 0.5) is 0 Å². The van der Waals surface area contributed by atoms with Crippen LogP contribution in [0.1, 0.15) is 35.5 Å². The summed E-state index contributed by atoms with van der Waals surface area (Å²) in [7, 11) is 0. The van der Waals surface area contributed by atoms with Crippen LogP contribution in [0.5, 0.6) is 0 Å². The maximum absolute atomic E-state index is 12.9. The Labute approximate surface area is 152 Å². The zero-order valence-corrected chi connectivity index (χ0v) is 15.3. The van der Waals surface area contributed by atoms with E-state index >= 15 is 0 Å². The van der Waals surface area contributed by atoms with Crippen molar-refractivity contribution in [2.24, 2.45) is 5.92 Å². The maximum atomic E-state index is 12.9. The Morgan fingerprint density at radius 1 is 1.19 bits per heavy atom. The molecule has 2 aromatic heterocycles. The number of aromatic amines is 1. The summed E-state index contributed by atoms with van der Waals surface area (Å²) in [6.45, 7) is 6.92. The number of nitrogens with one attached hydrogen (secondary N) is 1. The van der Waals surface area contributed by atoms with Crippen molar-refractivity contribution in [2.75, 3.05) is 6.54 Å². The molecule has 134 valence electrons. The summed E-state index contributed by atoms with van der Waals surface area (Å²) in [6, 6.07) is 13.0. The van der Waals surface area contributed by atoms with Crippen molar-refractivity contribution < 1.29 is 4.79 Å². The molecular formula is C21H23N3O2. The molecule has 0 bridgehead atoms. The zero-order chi connectivity index (χ0) is 18.7. The number of hydrogen-bond donors (Lipinski definition) is 1. The van der Waals surface area contributed by atoms with Crippen molar-refractivity contribution in [3.63, 3.8) is 0 Å². The highest BCUT2D eigenvalue weighted by molar-refractivity contribution is 5.92. The molecule has 0 aliphatic rings. The molecule has 0 aliphatic heterocycles. The van der Waals surface area contributed by atoms with E-state index in [9.17, 15) is 9.59 Å². The fourth-order valence-electron chi connectivity index (χ4n) is 3.01. The predicted octanol–water partition coefficient (Wildman–Crippen LogP) is 3.53. The molecule has 0 spiro atoms. The van der Waals surface area contributed by atoms with E-state index in [2.05, 4.69) is 9.97 Å². The standard InChI is InChI=1S/C21H23N3O2/c1-14(2)12-24(21(26)19-6-4-5-9-22-19)13-17-11-16-10-15(3)7-8-18(16)23-20(17)25/h4-11,14H,12-13H2,1-3H3,(H,23,25). The topological polar surface area (TPSA) is 66.1 Å². The van der Waals surface area contributed by atoms with Gasteiger partial charge < -0.3 is 9.88 Å². The molecule has 5 heteroatoms. The molecule has 1 amide bonds. The van der Waals surface area contributed by atoms with Gasteiger partial charge in [-0.25, -0.2) is 0 Å². The number of aryl methyl sites for hydroxylation is 1. The second kappa shape index (κ2) is 7.52. The van der Waals surface area contributed by atoms with Gasteiger partial charge in [-0.2, -0.15) is 0 Å². The van der Waals surface area contributed by atoms with Crippen LogP contribution >= 0.6 is 0 Å². The van der Waals surface area contributed by atoms with Crippen molar-refractivity contribution in [1.29, 1.82) is 0 Å². The van der Waals surface area contributed by atoms with Crippen molar-refractivity contribution >= 4 is 16.8 Å². The first-order chi connectivity index (χ1) is 12.4. The largest absolute Gasteiger partial charge is 0.333 e. The van der Waals surface area contributed by atoms with Crippen LogP contribution in [0.2, 0.25) is 0 Å². The van der Waals surface area contributed by atoms with E-state index in [1.54, 1.807) is 29.3 Å². The average molecular weight is 349 g/mol. The average Bonchev–Trinajstić information content (AvgIpc) is 2.62. The lowest BCUT2D eigenvalue weighted by Gasteiger charge is -2.24. The molecule has 26 heavy (non-hydrogen) atoms. The lowest BCUT2D eigenvalue weighted by Crippen LogP contribution is -2.36. The van der Waals surface area contributed by atoms with Crippen molar-refractivity contribution in [3.05, 3.63) is 75.8 Å². The van der Waals surface area contributed by atoms with Gasteiger partial charge in [-0.05, 0) is 48.6 Å². The Morgan fingerprint density at radius 3 is 2.69 bits per heavy atom. The Hall–Kier alpha value is -2.95. The molecule has 0 aliphatic carbocycles. The van der Waals surface area contributed by atoms with Crippen LogP contribution < -0.4 is 5.56 Å². The number of H-pyrrole nitrogens is 1. The van der Waals surface area contributed by atoms with E-state index in [1.165, 1.54) is 0 Å². The Balaban J connectivity index is 1.96. The van der Waals surface area contributed by atoms with E-state index in [-0.39, 0.29) is 23.9 Å². The van der Waals surface area contributed by atoms with E-state index in [0.29, 0.717) is 17.8 Å². The zero-order valence-electron chi connectivity index (χ0n) is 15.3. The van der Waals surface area contributed by atoms with Crippen LogP contribution in [0.25, 0.3) is 10.9 Å². The molecular weight excluding hydrogens is 326 g/mol. The number of rotatable bonds is 5. The number of benzene rings is 1. The third-order valence-electron chi connectivity index (χ3n) is 4.19. The third kappa shape index (κ3) is 3.99. The quantitative estimate of drug-likeness (QED) is 0.766. The van der Waals surface area contributed by atoms with Gasteiger partial charge in [0.25, 0.3) is 11.5 Å². The number of fused-ring (bicyclic) bond motifs is 1. The molecule has 1 aromatic carbocycles. The normalized spacial score (nSPS) is 11.1. The van der Waals surface area contributed by atoms with Gasteiger partial charge in [0.1, 0.15) is 5.69 Å². The fraction of sp³-hybridized carbons (Fsp3) is 0.286. The highest BCUT2D eigenvalue weighted by Crippen LogP contribution is 2.15. The van der Waals surface area contributed by atoms with Crippen molar-refractivity contribution in [2.45, 2.75) is 27.3 Å². The summed E-state index contributed by atoms with van der Waals surface area (Å²) in [6.07, 6.45) is 1.60. The minimum atomic E-state index is -0.164. The maximum Gasteiger partial charge on any atom is 0.272 e. The monoisotopic (exact) mass is 349 g/mol. The molecule has 0 unspecified atom stereocenters. The second-order valence-corrected chi connectivity index (χ2v) is 7.01. The lowest BCUT2D eigenvalue weighted by molar-refractivity contribution is 0.0716. The third-order valence-corrected chi connectivity index (χ3v) is 4.19. The minimum absolute atomic E-state index is 0.163. The first kappa shape index (κ1) is 17.9. The summed E-state index contributed by atoms with van der Waals surface area (Å²) in [5.74, 6) is 0.118. The van der Waals surface area contributed by atoms with Crippen molar-refractivity contribution in [1.82, 2.24) is 14.9 Å². The summed E-state index contributed by atoms with van der Waals surface area (Å²) < 4.78 is 0. The van der Waals surface area contributed by atoms with E-state index < -0.39 is 0 Å².